The Balaban J connectivity index is 2.95. The highest BCUT2D eigenvalue weighted by Crippen LogP contribution is 2.24. The molecule has 0 radical (unpaired) electrons. The molecule has 1 heterocycles. The molecule has 0 aromatic carbocycles. The second-order valence-electron chi connectivity index (χ2n) is 5.22. The maximum absolute atomic E-state index is 12.0. The highest BCUT2D eigenvalue weighted by atomic mass is 79.9. The van der Waals surface area contributed by atoms with Gasteiger partial charge in [-0.05, 0) is 33.6 Å². The summed E-state index contributed by atoms with van der Waals surface area (Å²) in [5.74, 6) is 0.241. The van der Waals surface area contributed by atoms with Crippen molar-refractivity contribution in [3.05, 3.63) is 11.4 Å². The third kappa shape index (κ3) is 3.13. The summed E-state index contributed by atoms with van der Waals surface area (Å²) >= 11 is 3.41. The average Bonchev–Trinajstić information content (AvgIpc) is 2.55. The van der Waals surface area contributed by atoms with Gasteiger partial charge in [0.05, 0.1) is 21.9 Å². The van der Waals surface area contributed by atoms with Crippen LogP contribution in [0.25, 0.3) is 0 Å². The second-order valence-corrected chi connectivity index (χ2v) is 6.21. The molecule has 5 heteroatoms. The molecule has 0 fully saturated rings. The van der Waals surface area contributed by atoms with Gasteiger partial charge in [0.15, 0.2) is 0 Å². The predicted octanol–water partition coefficient (Wildman–Crippen LogP) is 3.44. The maximum Gasteiger partial charge on any atom is 0.238 e. The lowest BCUT2D eigenvalue weighted by molar-refractivity contribution is -0.116. The topological polar surface area (TPSA) is 46.9 Å². The zero-order valence-electron chi connectivity index (χ0n) is 11.9. The van der Waals surface area contributed by atoms with E-state index >= 15 is 0 Å². The summed E-state index contributed by atoms with van der Waals surface area (Å²) in [6, 6.07) is 0.291. The number of carbonyl (C=O) groups excluding carboxylic acids is 1. The van der Waals surface area contributed by atoms with E-state index in [-0.39, 0.29) is 16.7 Å². The fourth-order valence-corrected chi connectivity index (χ4v) is 1.96. The van der Waals surface area contributed by atoms with E-state index in [1.165, 1.54) is 0 Å². The summed E-state index contributed by atoms with van der Waals surface area (Å²) in [5, 5.41) is 7.42. The van der Waals surface area contributed by atoms with Crippen LogP contribution in [0.5, 0.6) is 0 Å². The van der Waals surface area contributed by atoms with Crippen LogP contribution in [0.15, 0.2) is 0 Å². The molecule has 0 aliphatic rings. The number of rotatable bonds is 4. The van der Waals surface area contributed by atoms with Crippen molar-refractivity contribution >= 4 is 27.5 Å². The number of hydrogen-bond acceptors (Lipinski definition) is 2. The Hall–Kier alpha value is -0.840. The third-order valence-electron chi connectivity index (χ3n) is 2.90. The van der Waals surface area contributed by atoms with Crippen molar-refractivity contribution in [1.82, 2.24) is 9.78 Å². The van der Waals surface area contributed by atoms with Gasteiger partial charge in [0.25, 0.3) is 0 Å². The predicted molar refractivity (Wildman–Crippen MR) is 78.3 cm³/mol. The van der Waals surface area contributed by atoms with Crippen LogP contribution in [0.1, 0.15) is 45.1 Å². The van der Waals surface area contributed by atoms with Gasteiger partial charge in [0.2, 0.25) is 5.91 Å². The van der Waals surface area contributed by atoms with Crippen LogP contribution >= 0.6 is 15.9 Å². The number of aromatic nitrogens is 2. The summed E-state index contributed by atoms with van der Waals surface area (Å²) in [6.45, 7) is 12.1. The van der Waals surface area contributed by atoms with Crippen LogP contribution in [0.3, 0.4) is 0 Å². The van der Waals surface area contributed by atoms with E-state index in [1.54, 1.807) is 0 Å². The number of carbonyl (C=O) groups is 1. The molecule has 1 atom stereocenters. The minimum Gasteiger partial charge on any atom is -0.322 e. The Morgan fingerprint density at radius 3 is 2.22 bits per heavy atom. The summed E-state index contributed by atoms with van der Waals surface area (Å²) in [7, 11) is 0. The number of nitrogens with zero attached hydrogens (tertiary/aromatic N) is 2. The largest absolute Gasteiger partial charge is 0.322 e. The minimum atomic E-state index is -0.182. The Labute approximate surface area is 117 Å². The molecule has 18 heavy (non-hydrogen) atoms. The van der Waals surface area contributed by atoms with Gasteiger partial charge >= 0.3 is 0 Å². The fourth-order valence-electron chi connectivity index (χ4n) is 1.84. The van der Waals surface area contributed by atoms with E-state index < -0.39 is 0 Å². The van der Waals surface area contributed by atoms with E-state index in [4.69, 9.17) is 0 Å². The Morgan fingerprint density at radius 1 is 1.28 bits per heavy atom. The number of nitrogens with one attached hydrogen (secondary N) is 1. The number of alkyl halides is 1. The SMILES string of the molecule is Cc1nn(C(C)C)c(C)c1NC(=O)C(Br)C(C)C. The highest BCUT2D eigenvalue weighted by Gasteiger charge is 2.22. The van der Waals surface area contributed by atoms with Crippen LogP contribution in [0.2, 0.25) is 0 Å². The molecule has 1 aromatic rings. The first-order valence-electron chi connectivity index (χ1n) is 6.26. The number of anilines is 1. The van der Waals surface area contributed by atoms with Crippen LogP contribution in [-0.4, -0.2) is 20.5 Å². The standard InChI is InChI=1S/C13H22BrN3O/c1-7(2)11(14)13(18)15-12-9(5)16-17(8(3)4)10(12)6/h7-8,11H,1-6H3,(H,15,18). The summed E-state index contributed by atoms with van der Waals surface area (Å²) in [4.78, 5) is 11.9. The lowest BCUT2D eigenvalue weighted by Crippen LogP contribution is -2.27. The molecule has 0 bridgehead atoms. The molecule has 102 valence electrons. The Bertz CT molecular complexity index is 438. The Morgan fingerprint density at radius 2 is 1.83 bits per heavy atom. The van der Waals surface area contributed by atoms with Crippen molar-refractivity contribution in [3.8, 4) is 0 Å². The van der Waals surface area contributed by atoms with Crippen LogP contribution in [0, 0.1) is 19.8 Å². The molecular formula is C13H22BrN3O. The van der Waals surface area contributed by atoms with E-state index in [2.05, 4.69) is 40.2 Å². The van der Waals surface area contributed by atoms with Gasteiger partial charge in [-0.25, -0.2) is 0 Å². The van der Waals surface area contributed by atoms with Crippen molar-refractivity contribution in [2.45, 2.75) is 52.4 Å². The Kier molecular flexibility index (Phi) is 4.96. The molecule has 0 aliphatic carbocycles. The molecule has 0 saturated carbocycles. The molecule has 0 saturated heterocycles. The average molecular weight is 316 g/mol. The summed E-state index contributed by atoms with van der Waals surface area (Å²) in [5.41, 5.74) is 2.69. The first kappa shape index (κ1) is 15.2. The normalized spacial score (nSPS) is 13.2. The molecule has 1 unspecified atom stereocenters. The van der Waals surface area contributed by atoms with Crippen LogP contribution in [0.4, 0.5) is 5.69 Å². The highest BCUT2D eigenvalue weighted by molar-refractivity contribution is 9.10. The number of hydrogen-bond donors (Lipinski definition) is 1. The zero-order valence-corrected chi connectivity index (χ0v) is 13.5. The van der Waals surface area contributed by atoms with Crippen LogP contribution in [-0.2, 0) is 4.79 Å². The first-order valence-corrected chi connectivity index (χ1v) is 7.17. The maximum atomic E-state index is 12.0. The molecule has 0 spiro atoms. The number of aryl methyl sites for hydroxylation is 1. The monoisotopic (exact) mass is 315 g/mol. The third-order valence-corrected chi connectivity index (χ3v) is 4.37. The number of amides is 1. The fraction of sp³-hybridized carbons (Fsp3) is 0.692. The van der Waals surface area contributed by atoms with Gasteiger partial charge in [0.1, 0.15) is 0 Å². The lowest BCUT2D eigenvalue weighted by atomic mass is 10.1. The van der Waals surface area contributed by atoms with Crippen molar-refractivity contribution in [3.63, 3.8) is 0 Å². The molecule has 1 N–H and O–H groups in total. The number of halogens is 1. The van der Waals surface area contributed by atoms with Gasteiger partial charge in [-0.3, -0.25) is 9.48 Å². The van der Waals surface area contributed by atoms with Crippen molar-refractivity contribution in [2.24, 2.45) is 5.92 Å². The molecule has 1 amide bonds. The molecule has 1 rings (SSSR count). The van der Waals surface area contributed by atoms with E-state index in [0.29, 0.717) is 6.04 Å². The smallest absolute Gasteiger partial charge is 0.238 e. The zero-order chi connectivity index (χ0) is 14.0. The first-order chi connectivity index (χ1) is 8.25. The van der Waals surface area contributed by atoms with E-state index in [0.717, 1.165) is 17.1 Å². The van der Waals surface area contributed by atoms with Crippen molar-refractivity contribution in [1.29, 1.82) is 0 Å². The quantitative estimate of drug-likeness (QED) is 0.865. The van der Waals surface area contributed by atoms with E-state index in [1.807, 2.05) is 32.4 Å². The van der Waals surface area contributed by atoms with Crippen molar-refractivity contribution in [2.75, 3.05) is 5.32 Å². The van der Waals surface area contributed by atoms with Gasteiger partial charge in [0, 0.05) is 6.04 Å². The van der Waals surface area contributed by atoms with E-state index in [9.17, 15) is 4.79 Å². The van der Waals surface area contributed by atoms with Gasteiger partial charge in [-0.15, -0.1) is 0 Å². The molecule has 1 aromatic heterocycles. The summed E-state index contributed by atoms with van der Waals surface area (Å²) < 4.78 is 1.93. The molecule has 0 aliphatic heterocycles. The molecule has 4 nitrogen and oxygen atoms in total. The van der Waals surface area contributed by atoms with Gasteiger partial charge in [-0.2, -0.15) is 5.10 Å². The van der Waals surface area contributed by atoms with Gasteiger partial charge < -0.3 is 5.32 Å². The van der Waals surface area contributed by atoms with Crippen molar-refractivity contribution < 1.29 is 4.79 Å². The van der Waals surface area contributed by atoms with Crippen LogP contribution < -0.4 is 5.32 Å². The lowest BCUT2D eigenvalue weighted by Gasteiger charge is -2.14. The van der Waals surface area contributed by atoms with Gasteiger partial charge in [-0.1, -0.05) is 29.8 Å². The molecular weight excluding hydrogens is 294 g/mol. The second kappa shape index (κ2) is 5.87. The summed E-state index contributed by atoms with van der Waals surface area (Å²) in [6.07, 6.45) is 0. The minimum absolute atomic E-state index is 0.0143.